The largest absolute Gasteiger partial charge is 0.437 e. The van der Waals surface area contributed by atoms with Gasteiger partial charge < -0.3 is 20.4 Å². The molecule has 2 aromatic carbocycles. The highest BCUT2D eigenvalue weighted by atomic mass is 19.4. The summed E-state index contributed by atoms with van der Waals surface area (Å²) < 4.78 is 59.1. The third-order valence-electron chi connectivity index (χ3n) is 6.64. The highest BCUT2D eigenvalue weighted by molar-refractivity contribution is 6.11. The van der Waals surface area contributed by atoms with Crippen LogP contribution in [0.25, 0.3) is 33.6 Å². The van der Waals surface area contributed by atoms with Crippen LogP contribution in [0.3, 0.4) is 0 Å². The number of halogens is 4. The minimum atomic E-state index is -4.58. The van der Waals surface area contributed by atoms with Crippen molar-refractivity contribution in [1.82, 2.24) is 15.6 Å². The molecule has 12 heteroatoms. The summed E-state index contributed by atoms with van der Waals surface area (Å²) in [5.74, 6) is -1.88. The van der Waals surface area contributed by atoms with Gasteiger partial charge in [-0.15, -0.1) is 0 Å². The monoisotopic (exact) mass is 584 g/mol. The highest BCUT2D eigenvalue weighted by Crippen LogP contribution is 2.38. The third-order valence-corrected chi connectivity index (χ3v) is 6.64. The summed E-state index contributed by atoms with van der Waals surface area (Å²) in [6.45, 7) is 1.84. The summed E-state index contributed by atoms with van der Waals surface area (Å²) in [6, 6.07) is 12.8. The average molecular weight is 585 g/mol. The first-order valence-corrected chi connectivity index (χ1v) is 12.9. The van der Waals surface area contributed by atoms with Crippen molar-refractivity contribution in [1.29, 1.82) is 0 Å². The number of carbonyl (C=O) groups excluding carboxylic acids is 3. The number of nitrogens with zero attached hydrogens (tertiary/aromatic N) is 1. The zero-order valence-corrected chi connectivity index (χ0v) is 23.2. The first-order chi connectivity index (χ1) is 19.7. The maximum atomic E-state index is 13.6. The van der Waals surface area contributed by atoms with Crippen molar-refractivity contribution in [2.24, 2.45) is 5.41 Å². The van der Waals surface area contributed by atoms with Crippen LogP contribution in [-0.4, -0.2) is 49.4 Å². The Balaban J connectivity index is 1.89. The van der Waals surface area contributed by atoms with Crippen LogP contribution in [0.15, 0.2) is 59.0 Å². The van der Waals surface area contributed by atoms with Crippen molar-refractivity contribution in [2.75, 3.05) is 26.0 Å². The fourth-order valence-electron chi connectivity index (χ4n) is 4.50. The molecule has 0 saturated heterocycles. The summed E-state index contributed by atoms with van der Waals surface area (Å²) in [5.41, 5.74) is 0.0181. The number of pyridine rings is 1. The van der Waals surface area contributed by atoms with E-state index in [0.29, 0.717) is 11.1 Å². The lowest BCUT2D eigenvalue weighted by Crippen LogP contribution is -2.36. The van der Waals surface area contributed by atoms with E-state index in [9.17, 15) is 31.9 Å². The Bertz CT molecular complexity index is 1660. The number of carbonyl (C=O) groups is 3. The summed E-state index contributed by atoms with van der Waals surface area (Å²) in [4.78, 5) is 42.6. The second kappa shape index (κ2) is 11.6. The molecule has 2 aromatic heterocycles. The van der Waals surface area contributed by atoms with E-state index < -0.39 is 29.9 Å². The number of hydrogen-bond donors (Lipinski definition) is 3. The van der Waals surface area contributed by atoms with Gasteiger partial charge in [0.2, 0.25) is 11.6 Å². The lowest BCUT2D eigenvalue weighted by molar-refractivity contribution is -0.128. The summed E-state index contributed by atoms with van der Waals surface area (Å²) in [6.07, 6.45) is -4.69. The number of benzene rings is 2. The van der Waals surface area contributed by atoms with Crippen molar-refractivity contribution in [3.8, 4) is 22.5 Å². The van der Waals surface area contributed by atoms with Crippen molar-refractivity contribution in [3.63, 3.8) is 0 Å². The van der Waals surface area contributed by atoms with Gasteiger partial charge in [-0.05, 0) is 42.0 Å². The van der Waals surface area contributed by atoms with Gasteiger partial charge in [-0.3, -0.25) is 14.4 Å². The number of ketones is 1. The average Bonchev–Trinajstić information content (AvgIpc) is 3.32. The number of anilines is 1. The van der Waals surface area contributed by atoms with Crippen molar-refractivity contribution in [3.05, 3.63) is 71.5 Å². The first kappa shape index (κ1) is 30.2. The van der Waals surface area contributed by atoms with Gasteiger partial charge in [-0.1, -0.05) is 32.0 Å². The topological polar surface area (TPSA) is 113 Å². The first-order valence-electron chi connectivity index (χ1n) is 12.9. The number of fused-ring (bicyclic) bond motifs is 1. The Morgan fingerprint density at radius 3 is 2.24 bits per heavy atom. The minimum Gasteiger partial charge on any atom is -0.437 e. The molecule has 220 valence electrons. The Morgan fingerprint density at radius 1 is 0.929 bits per heavy atom. The van der Waals surface area contributed by atoms with E-state index >= 15 is 0 Å². The number of hydrogen-bond acceptors (Lipinski definition) is 6. The van der Waals surface area contributed by atoms with Crippen LogP contribution in [-0.2, 0) is 4.79 Å². The number of furan rings is 1. The number of Topliss-reactive ketones (excluding diaryl/α,β-unsaturated/α-hetero) is 1. The maximum Gasteiger partial charge on any atom is 0.405 e. The summed E-state index contributed by atoms with van der Waals surface area (Å²) in [7, 11) is 2.87. The predicted molar refractivity (Wildman–Crippen MR) is 150 cm³/mol. The molecule has 4 rings (SSSR count). The Hall–Kier alpha value is -4.74. The van der Waals surface area contributed by atoms with Crippen molar-refractivity contribution in [2.45, 2.75) is 26.4 Å². The van der Waals surface area contributed by atoms with Crippen LogP contribution in [0.5, 0.6) is 0 Å². The quantitative estimate of drug-likeness (QED) is 0.165. The summed E-state index contributed by atoms with van der Waals surface area (Å²) >= 11 is 0. The fourth-order valence-corrected chi connectivity index (χ4v) is 4.50. The SMILES string of the molecule is CNC(=O)c1c(-c2ccc(F)cc2)oc2nc(NCC(F)(F)F)c(-c3cccc(C(=O)CC(C)(C)C(=O)NC)c3)cc12. The second-order valence-corrected chi connectivity index (χ2v) is 10.2. The second-order valence-electron chi connectivity index (χ2n) is 10.2. The van der Waals surface area contributed by atoms with E-state index in [-0.39, 0.29) is 57.5 Å². The van der Waals surface area contributed by atoms with E-state index in [1.54, 1.807) is 32.0 Å². The van der Waals surface area contributed by atoms with Crippen LogP contribution in [0, 0.1) is 11.2 Å². The fraction of sp³-hybridized carbons (Fsp3) is 0.267. The lowest BCUT2D eigenvalue weighted by Gasteiger charge is -2.21. The predicted octanol–water partition coefficient (Wildman–Crippen LogP) is 5.98. The van der Waals surface area contributed by atoms with Crippen molar-refractivity contribution >= 4 is 34.5 Å². The molecule has 0 atom stereocenters. The van der Waals surface area contributed by atoms with Gasteiger partial charge in [0.25, 0.3) is 5.91 Å². The van der Waals surface area contributed by atoms with Gasteiger partial charge in [0, 0.05) is 37.2 Å². The Morgan fingerprint density at radius 2 is 1.62 bits per heavy atom. The van der Waals surface area contributed by atoms with E-state index in [2.05, 4.69) is 20.9 Å². The number of amides is 2. The molecule has 4 aromatic rings. The van der Waals surface area contributed by atoms with Crippen LogP contribution < -0.4 is 16.0 Å². The molecule has 0 unspecified atom stereocenters. The molecule has 0 aliphatic heterocycles. The molecular weight excluding hydrogens is 556 g/mol. The zero-order chi connectivity index (χ0) is 30.8. The van der Waals surface area contributed by atoms with Crippen LogP contribution >= 0.6 is 0 Å². The van der Waals surface area contributed by atoms with Gasteiger partial charge in [-0.2, -0.15) is 18.2 Å². The minimum absolute atomic E-state index is 0.0507. The smallest absolute Gasteiger partial charge is 0.405 e. The number of aromatic nitrogens is 1. The van der Waals surface area contributed by atoms with Gasteiger partial charge in [0.05, 0.1) is 16.4 Å². The summed E-state index contributed by atoms with van der Waals surface area (Å²) in [5, 5.41) is 7.52. The van der Waals surface area contributed by atoms with E-state index in [4.69, 9.17) is 4.42 Å². The van der Waals surface area contributed by atoms with E-state index in [1.165, 1.54) is 50.5 Å². The highest BCUT2D eigenvalue weighted by Gasteiger charge is 2.31. The molecule has 8 nitrogen and oxygen atoms in total. The zero-order valence-electron chi connectivity index (χ0n) is 23.2. The van der Waals surface area contributed by atoms with E-state index in [1.807, 2.05) is 0 Å². The van der Waals surface area contributed by atoms with Gasteiger partial charge >= 0.3 is 6.18 Å². The molecule has 3 N–H and O–H groups in total. The molecule has 2 heterocycles. The maximum absolute atomic E-state index is 13.6. The Kier molecular flexibility index (Phi) is 8.37. The number of nitrogens with one attached hydrogen (secondary N) is 3. The molecule has 0 bridgehead atoms. The molecule has 0 spiro atoms. The molecule has 0 saturated carbocycles. The Labute approximate surface area is 238 Å². The van der Waals surface area contributed by atoms with Gasteiger partial charge in [-0.25, -0.2) is 4.39 Å². The van der Waals surface area contributed by atoms with Gasteiger partial charge in [0.15, 0.2) is 5.78 Å². The van der Waals surface area contributed by atoms with Crippen molar-refractivity contribution < 1.29 is 36.4 Å². The third kappa shape index (κ3) is 6.42. The standard InChI is InChI=1S/C30H28F4N4O4/c1-29(2,28(41)36-4)14-22(39)18-7-5-6-17(12-18)20-13-21-23(26(40)35-3)24(16-8-10-19(31)11-9-16)42-27(21)38-25(20)37-15-30(32,33)34/h5-13H,14-15H2,1-4H3,(H,35,40)(H,36,41)(H,37,38). The number of alkyl halides is 3. The molecule has 2 amide bonds. The molecule has 42 heavy (non-hydrogen) atoms. The van der Waals surface area contributed by atoms with Crippen LogP contribution in [0.2, 0.25) is 0 Å². The van der Waals surface area contributed by atoms with E-state index in [0.717, 1.165) is 0 Å². The number of rotatable bonds is 9. The van der Waals surface area contributed by atoms with Crippen LogP contribution in [0.1, 0.15) is 41.0 Å². The molecule has 0 aliphatic rings. The molecule has 0 radical (unpaired) electrons. The van der Waals surface area contributed by atoms with Crippen LogP contribution in [0.4, 0.5) is 23.4 Å². The molecule has 0 fully saturated rings. The lowest BCUT2D eigenvalue weighted by atomic mass is 9.84. The van der Waals surface area contributed by atoms with Gasteiger partial charge in [0.1, 0.15) is 23.9 Å². The normalized spacial score (nSPS) is 11.8. The molecule has 0 aliphatic carbocycles. The molecular formula is C30H28F4N4O4.